The first-order valence-electron chi connectivity index (χ1n) is 7.22. The number of aryl methyl sites for hydroxylation is 3. The Morgan fingerprint density at radius 2 is 2.10 bits per heavy atom. The van der Waals surface area contributed by atoms with E-state index in [1.165, 1.54) is 16.7 Å². The lowest BCUT2D eigenvalue weighted by Gasteiger charge is -2.20. The molecule has 0 spiro atoms. The van der Waals surface area contributed by atoms with Crippen LogP contribution in [0.3, 0.4) is 0 Å². The summed E-state index contributed by atoms with van der Waals surface area (Å²) in [5.74, 6) is 5.79. The molecule has 1 atom stereocenters. The third kappa shape index (κ3) is 3.12. The highest BCUT2D eigenvalue weighted by Crippen LogP contribution is 2.28. The van der Waals surface area contributed by atoms with Crippen molar-refractivity contribution in [3.63, 3.8) is 0 Å². The van der Waals surface area contributed by atoms with E-state index in [4.69, 9.17) is 17.4 Å². The molecule has 2 rings (SSSR count). The van der Waals surface area contributed by atoms with Gasteiger partial charge in [0.15, 0.2) is 0 Å². The van der Waals surface area contributed by atoms with Gasteiger partial charge < -0.3 is 0 Å². The normalized spacial score (nSPS) is 12.7. The van der Waals surface area contributed by atoms with Crippen LogP contribution >= 0.6 is 11.6 Å². The lowest BCUT2D eigenvalue weighted by atomic mass is 9.95. The Hall–Kier alpha value is -1.36. The van der Waals surface area contributed by atoms with Gasteiger partial charge in [0.1, 0.15) is 0 Å². The third-order valence-corrected chi connectivity index (χ3v) is 4.56. The van der Waals surface area contributed by atoms with E-state index in [-0.39, 0.29) is 6.04 Å². The zero-order valence-electron chi connectivity index (χ0n) is 13.1. The Bertz CT molecular complexity index is 633. The van der Waals surface area contributed by atoms with Gasteiger partial charge in [-0.1, -0.05) is 36.7 Å². The van der Waals surface area contributed by atoms with Gasteiger partial charge in [-0.2, -0.15) is 5.10 Å². The van der Waals surface area contributed by atoms with Crippen molar-refractivity contribution in [3.05, 3.63) is 51.3 Å². The molecule has 114 valence electrons. The van der Waals surface area contributed by atoms with Crippen molar-refractivity contribution in [1.29, 1.82) is 0 Å². The highest BCUT2D eigenvalue weighted by atomic mass is 35.5. The molecule has 0 saturated carbocycles. The monoisotopic (exact) mass is 306 g/mol. The quantitative estimate of drug-likeness (QED) is 0.659. The molecule has 3 N–H and O–H groups in total. The highest BCUT2D eigenvalue weighted by Gasteiger charge is 2.20. The van der Waals surface area contributed by atoms with Crippen LogP contribution in [0.1, 0.15) is 41.0 Å². The van der Waals surface area contributed by atoms with Crippen LogP contribution in [0, 0.1) is 13.8 Å². The molecule has 1 aromatic heterocycles. The minimum atomic E-state index is 0.0162. The molecular formula is C16H23ClN4. The predicted molar refractivity (Wildman–Crippen MR) is 87.3 cm³/mol. The number of rotatable bonds is 5. The maximum Gasteiger partial charge on any atom is 0.0850 e. The summed E-state index contributed by atoms with van der Waals surface area (Å²) in [5.41, 5.74) is 8.59. The van der Waals surface area contributed by atoms with Crippen LogP contribution in [-0.2, 0) is 19.9 Å². The molecule has 0 saturated heterocycles. The minimum Gasteiger partial charge on any atom is -0.271 e. The lowest BCUT2D eigenvalue weighted by molar-refractivity contribution is 0.527. The Balaban J connectivity index is 2.36. The topological polar surface area (TPSA) is 55.9 Å². The van der Waals surface area contributed by atoms with Crippen molar-refractivity contribution in [2.45, 2.75) is 39.7 Å². The van der Waals surface area contributed by atoms with Gasteiger partial charge in [0.2, 0.25) is 0 Å². The van der Waals surface area contributed by atoms with E-state index in [0.717, 1.165) is 22.8 Å². The van der Waals surface area contributed by atoms with E-state index in [0.29, 0.717) is 6.42 Å². The average molecular weight is 307 g/mol. The molecule has 0 bridgehead atoms. The fraction of sp³-hybridized carbons (Fsp3) is 0.438. The van der Waals surface area contributed by atoms with Crippen molar-refractivity contribution in [1.82, 2.24) is 15.2 Å². The van der Waals surface area contributed by atoms with E-state index < -0.39 is 0 Å². The number of nitrogens with one attached hydrogen (secondary N) is 1. The molecule has 1 unspecified atom stereocenters. The molecule has 2 aromatic rings. The average Bonchev–Trinajstić information content (AvgIpc) is 2.74. The second kappa shape index (κ2) is 6.60. The SMILES string of the molecule is CCc1nn(C)c(CC(NN)c2cccc(C)c2C)c1Cl. The third-order valence-electron chi connectivity index (χ3n) is 4.12. The van der Waals surface area contributed by atoms with Crippen molar-refractivity contribution in [2.24, 2.45) is 12.9 Å². The summed E-state index contributed by atoms with van der Waals surface area (Å²) in [4.78, 5) is 0. The summed E-state index contributed by atoms with van der Waals surface area (Å²) in [6, 6.07) is 6.29. The van der Waals surface area contributed by atoms with Crippen LogP contribution in [0.2, 0.25) is 5.02 Å². The number of aromatic nitrogens is 2. The number of nitrogens with two attached hydrogens (primary N) is 1. The largest absolute Gasteiger partial charge is 0.271 e. The second-order valence-corrected chi connectivity index (χ2v) is 5.78. The molecule has 4 nitrogen and oxygen atoms in total. The van der Waals surface area contributed by atoms with E-state index in [1.807, 2.05) is 11.7 Å². The van der Waals surface area contributed by atoms with Crippen LogP contribution < -0.4 is 11.3 Å². The first kappa shape index (κ1) is 16.0. The molecule has 0 fully saturated rings. The van der Waals surface area contributed by atoms with Crippen LogP contribution in [-0.4, -0.2) is 9.78 Å². The summed E-state index contributed by atoms with van der Waals surface area (Å²) >= 11 is 6.44. The predicted octanol–water partition coefficient (Wildman–Crippen LogP) is 3.00. The van der Waals surface area contributed by atoms with E-state index in [9.17, 15) is 0 Å². The van der Waals surface area contributed by atoms with E-state index in [1.54, 1.807) is 0 Å². The molecular weight excluding hydrogens is 284 g/mol. The van der Waals surface area contributed by atoms with Gasteiger partial charge in [-0.15, -0.1) is 0 Å². The molecule has 0 radical (unpaired) electrons. The molecule has 0 aliphatic heterocycles. The number of nitrogens with zero attached hydrogens (tertiary/aromatic N) is 2. The fourth-order valence-corrected chi connectivity index (χ4v) is 3.02. The molecule has 0 amide bonds. The minimum absolute atomic E-state index is 0.0162. The van der Waals surface area contributed by atoms with Crippen molar-refractivity contribution in [3.8, 4) is 0 Å². The Morgan fingerprint density at radius 1 is 1.38 bits per heavy atom. The first-order chi connectivity index (χ1) is 9.99. The number of hydrogen-bond donors (Lipinski definition) is 2. The Labute approximate surface area is 131 Å². The van der Waals surface area contributed by atoms with Gasteiger partial charge in [-0.05, 0) is 37.0 Å². The van der Waals surface area contributed by atoms with E-state index >= 15 is 0 Å². The number of hydrogen-bond acceptors (Lipinski definition) is 3. The number of halogens is 1. The highest BCUT2D eigenvalue weighted by molar-refractivity contribution is 6.31. The molecule has 21 heavy (non-hydrogen) atoms. The Kier molecular flexibility index (Phi) is 5.04. The summed E-state index contributed by atoms with van der Waals surface area (Å²) in [6.45, 7) is 6.29. The lowest BCUT2D eigenvalue weighted by Crippen LogP contribution is -2.30. The maximum atomic E-state index is 6.44. The summed E-state index contributed by atoms with van der Waals surface area (Å²) < 4.78 is 1.86. The van der Waals surface area contributed by atoms with Gasteiger partial charge in [0.05, 0.1) is 22.5 Å². The molecule has 5 heteroatoms. The fourth-order valence-electron chi connectivity index (χ4n) is 2.64. The van der Waals surface area contributed by atoms with Gasteiger partial charge in [-0.3, -0.25) is 16.0 Å². The van der Waals surface area contributed by atoms with Gasteiger partial charge in [-0.25, -0.2) is 0 Å². The first-order valence-corrected chi connectivity index (χ1v) is 7.59. The second-order valence-electron chi connectivity index (χ2n) is 5.40. The smallest absolute Gasteiger partial charge is 0.0850 e. The van der Waals surface area contributed by atoms with Crippen LogP contribution in [0.4, 0.5) is 0 Å². The standard InChI is InChI=1S/C16H23ClN4/c1-5-13-16(17)15(21(4)20-13)9-14(19-18)12-8-6-7-10(2)11(12)3/h6-8,14,19H,5,9,18H2,1-4H3. The molecule has 1 aromatic carbocycles. The number of benzene rings is 1. The number of hydrazine groups is 1. The summed E-state index contributed by atoms with van der Waals surface area (Å²) in [7, 11) is 1.93. The van der Waals surface area contributed by atoms with Gasteiger partial charge in [0.25, 0.3) is 0 Å². The molecule has 0 aliphatic carbocycles. The van der Waals surface area contributed by atoms with Crippen LogP contribution in [0.25, 0.3) is 0 Å². The van der Waals surface area contributed by atoms with Crippen molar-refractivity contribution in [2.75, 3.05) is 0 Å². The zero-order chi connectivity index (χ0) is 15.6. The summed E-state index contributed by atoms with van der Waals surface area (Å²) in [5, 5.41) is 5.22. The summed E-state index contributed by atoms with van der Waals surface area (Å²) in [6.07, 6.45) is 1.54. The Morgan fingerprint density at radius 3 is 2.67 bits per heavy atom. The zero-order valence-corrected chi connectivity index (χ0v) is 13.8. The van der Waals surface area contributed by atoms with Crippen molar-refractivity contribution < 1.29 is 0 Å². The molecule has 0 aliphatic rings. The van der Waals surface area contributed by atoms with Gasteiger partial charge in [0, 0.05) is 13.5 Å². The van der Waals surface area contributed by atoms with Crippen LogP contribution in [0.15, 0.2) is 18.2 Å². The molecule has 1 heterocycles. The van der Waals surface area contributed by atoms with E-state index in [2.05, 4.69) is 49.5 Å². The van der Waals surface area contributed by atoms with Gasteiger partial charge >= 0.3 is 0 Å². The maximum absolute atomic E-state index is 6.44. The van der Waals surface area contributed by atoms with Crippen molar-refractivity contribution >= 4 is 11.6 Å². The van der Waals surface area contributed by atoms with Crippen LogP contribution in [0.5, 0.6) is 0 Å².